The third-order valence-electron chi connectivity index (χ3n) is 2.33. The van der Waals surface area contributed by atoms with Crippen molar-refractivity contribution in [1.29, 1.82) is 5.26 Å². The highest BCUT2D eigenvalue weighted by atomic mass is 35.5. The van der Waals surface area contributed by atoms with E-state index in [1.807, 2.05) is 0 Å². The lowest BCUT2D eigenvalue weighted by Gasteiger charge is -2.10. The Kier molecular flexibility index (Phi) is 24.4. The molecule has 1 saturated heterocycles. The van der Waals surface area contributed by atoms with E-state index in [0.717, 1.165) is 32.2 Å². The van der Waals surface area contributed by atoms with E-state index in [4.69, 9.17) is 21.6 Å². The van der Waals surface area contributed by atoms with Gasteiger partial charge < -0.3 is 10.1 Å². The largest absolute Gasteiger partial charge is 0.379 e. The van der Waals surface area contributed by atoms with Gasteiger partial charge in [0.15, 0.2) is 0 Å². The molecule has 4 heteroatoms. The van der Waals surface area contributed by atoms with Crippen LogP contribution in [0.15, 0.2) is 0 Å². The van der Waals surface area contributed by atoms with Crippen molar-refractivity contribution in [3.05, 3.63) is 0 Å². The minimum atomic E-state index is 0.839. The number of nitriles is 1. The molecule has 0 unspecified atom stereocenters. The zero-order valence-corrected chi connectivity index (χ0v) is 12.8. The first kappa shape index (κ1) is 20.0. The number of halogens is 1. The third-order valence-corrected chi connectivity index (χ3v) is 2.60. The Morgan fingerprint density at radius 2 is 1.61 bits per heavy atom. The standard InChI is InChI=1S/C8H17Cl.C4H9NO.C2H3N/c1-2-3-4-5-6-7-8-9;1-3-6-4-2-5-1;1-2-3/h2-8H2,1H3;5H,1-4H2;1H3. The maximum Gasteiger partial charge on any atom is 0.0591 e. The second-order valence-corrected chi connectivity index (χ2v) is 4.42. The van der Waals surface area contributed by atoms with Crippen LogP contribution in [-0.2, 0) is 4.74 Å². The van der Waals surface area contributed by atoms with Crippen LogP contribution in [-0.4, -0.2) is 32.2 Å². The van der Waals surface area contributed by atoms with Crippen LogP contribution in [0.5, 0.6) is 0 Å². The Morgan fingerprint density at radius 3 is 1.94 bits per heavy atom. The molecule has 18 heavy (non-hydrogen) atoms. The zero-order chi connectivity index (χ0) is 13.9. The molecule has 108 valence electrons. The van der Waals surface area contributed by atoms with Crippen molar-refractivity contribution in [3.8, 4) is 6.07 Å². The second kappa shape index (κ2) is 21.9. The summed E-state index contributed by atoms with van der Waals surface area (Å²) in [5.41, 5.74) is 0. The van der Waals surface area contributed by atoms with E-state index in [1.54, 1.807) is 6.07 Å². The van der Waals surface area contributed by atoms with Crippen molar-refractivity contribution in [2.75, 3.05) is 32.2 Å². The second-order valence-electron chi connectivity index (χ2n) is 4.04. The van der Waals surface area contributed by atoms with E-state index in [0.29, 0.717) is 0 Å². The molecule has 1 N–H and O–H groups in total. The average Bonchev–Trinajstić information content (AvgIpc) is 2.42. The Hall–Kier alpha value is -0.300. The fourth-order valence-corrected chi connectivity index (χ4v) is 1.58. The SMILES string of the molecule is C1COCCN1.CC#N.CCCCCCCCCl. The van der Waals surface area contributed by atoms with E-state index in [-0.39, 0.29) is 0 Å². The van der Waals surface area contributed by atoms with Crippen molar-refractivity contribution in [1.82, 2.24) is 5.32 Å². The maximum absolute atomic E-state index is 7.32. The summed E-state index contributed by atoms with van der Waals surface area (Å²) < 4.78 is 5.01. The molecule has 3 nitrogen and oxygen atoms in total. The van der Waals surface area contributed by atoms with Gasteiger partial charge in [0, 0.05) is 25.9 Å². The molecule has 1 fully saturated rings. The number of hydrogen-bond acceptors (Lipinski definition) is 3. The van der Waals surface area contributed by atoms with Gasteiger partial charge in [-0.05, 0) is 6.42 Å². The summed E-state index contributed by atoms with van der Waals surface area (Å²) in [7, 11) is 0. The van der Waals surface area contributed by atoms with E-state index in [1.165, 1.54) is 45.4 Å². The molecule has 1 aliphatic heterocycles. The summed E-state index contributed by atoms with van der Waals surface area (Å²) in [5, 5.41) is 10.5. The number of unbranched alkanes of at least 4 members (excludes halogenated alkanes) is 5. The molecule has 0 aromatic carbocycles. The summed E-state index contributed by atoms with van der Waals surface area (Å²) in [6.07, 6.45) is 8.02. The highest BCUT2D eigenvalue weighted by molar-refractivity contribution is 6.17. The lowest BCUT2D eigenvalue weighted by molar-refractivity contribution is 0.109. The van der Waals surface area contributed by atoms with Gasteiger partial charge in [0.25, 0.3) is 0 Å². The number of hydrogen-bond donors (Lipinski definition) is 1. The van der Waals surface area contributed by atoms with Crippen LogP contribution in [0.25, 0.3) is 0 Å². The molecule has 0 aromatic rings. The van der Waals surface area contributed by atoms with Gasteiger partial charge in [0.2, 0.25) is 0 Å². The van der Waals surface area contributed by atoms with Crippen LogP contribution in [0.3, 0.4) is 0 Å². The highest BCUT2D eigenvalue weighted by Crippen LogP contribution is 2.04. The molecule has 0 radical (unpaired) electrons. The zero-order valence-electron chi connectivity index (χ0n) is 12.0. The quantitative estimate of drug-likeness (QED) is 0.594. The van der Waals surface area contributed by atoms with Crippen molar-refractivity contribution >= 4 is 11.6 Å². The Labute approximate surface area is 118 Å². The number of rotatable bonds is 6. The summed E-state index contributed by atoms with van der Waals surface area (Å²) in [4.78, 5) is 0. The monoisotopic (exact) mass is 276 g/mol. The van der Waals surface area contributed by atoms with Gasteiger partial charge >= 0.3 is 0 Å². The minimum absolute atomic E-state index is 0.839. The van der Waals surface area contributed by atoms with Crippen LogP contribution >= 0.6 is 11.6 Å². The third kappa shape index (κ3) is 24.8. The number of ether oxygens (including phenoxy) is 1. The molecule has 0 bridgehead atoms. The lowest BCUT2D eigenvalue weighted by Crippen LogP contribution is -2.30. The van der Waals surface area contributed by atoms with Crippen LogP contribution < -0.4 is 5.32 Å². The summed E-state index contributed by atoms with van der Waals surface area (Å²) in [6, 6.07) is 1.75. The molecule has 1 aliphatic rings. The molecule has 1 heterocycles. The predicted octanol–water partition coefficient (Wildman–Crippen LogP) is 3.72. The van der Waals surface area contributed by atoms with E-state index in [2.05, 4.69) is 12.2 Å². The molecule has 1 rings (SSSR count). The Balaban J connectivity index is 0. The van der Waals surface area contributed by atoms with Crippen molar-refractivity contribution in [2.45, 2.75) is 52.4 Å². The van der Waals surface area contributed by atoms with Gasteiger partial charge in [-0.3, -0.25) is 0 Å². The fraction of sp³-hybridized carbons (Fsp3) is 0.929. The minimum Gasteiger partial charge on any atom is -0.379 e. The average molecular weight is 277 g/mol. The molecule has 0 aliphatic carbocycles. The van der Waals surface area contributed by atoms with Crippen LogP contribution in [0.1, 0.15) is 52.4 Å². The summed E-state index contributed by atoms with van der Waals surface area (Å²) >= 11 is 5.51. The van der Waals surface area contributed by atoms with Gasteiger partial charge in [-0.2, -0.15) is 5.26 Å². The topological polar surface area (TPSA) is 45.0 Å². The van der Waals surface area contributed by atoms with Crippen LogP contribution in [0, 0.1) is 11.3 Å². The Bertz CT molecular complexity index is 150. The Morgan fingerprint density at radius 1 is 1.11 bits per heavy atom. The molecule has 0 amide bonds. The van der Waals surface area contributed by atoms with Crippen LogP contribution in [0.4, 0.5) is 0 Å². The van der Waals surface area contributed by atoms with Gasteiger partial charge in [0.05, 0.1) is 19.3 Å². The van der Waals surface area contributed by atoms with E-state index < -0.39 is 0 Å². The molecule has 0 saturated carbocycles. The molecule has 0 spiro atoms. The normalized spacial score (nSPS) is 13.4. The van der Waals surface area contributed by atoms with Crippen molar-refractivity contribution < 1.29 is 4.74 Å². The molecule has 0 aromatic heterocycles. The molecular formula is C14H29ClN2O. The number of nitrogens with one attached hydrogen (secondary N) is 1. The number of nitrogens with zero attached hydrogens (tertiary/aromatic N) is 1. The summed E-state index contributed by atoms with van der Waals surface area (Å²) in [5.74, 6) is 0.839. The smallest absolute Gasteiger partial charge is 0.0591 e. The highest BCUT2D eigenvalue weighted by Gasteiger charge is 1.93. The number of alkyl halides is 1. The predicted molar refractivity (Wildman–Crippen MR) is 79.1 cm³/mol. The maximum atomic E-state index is 7.32. The fourth-order valence-electron chi connectivity index (χ4n) is 1.39. The van der Waals surface area contributed by atoms with E-state index >= 15 is 0 Å². The van der Waals surface area contributed by atoms with Crippen LogP contribution in [0.2, 0.25) is 0 Å². The first-order chi connectivity index (χ1) is 8.83. The van der Waals surface area contributed by atoms with Gasteiger partial charge in [-0.1, -0.05) is 39.0 Å². The first-order valence-electron chi connectivity index (χ1n) is 6.98. The number of morpholine rings is 1. The first-order valence-corrected chi connectivity index (χ1v) is 7.52. The molecule has 0 atom stereocenters. The lowest BCUT2D eigenvalue weighted by atomic mass is 10.1. The molecular weight excluding hydrogens is 248 g/mol. The van der Waals surface area contributed by atoms with Gasteiger partial charge in [-0.25, -0.2) is 0 Å². The van der Waals surface area contributed by atoms with Gasteiger partial charge in [-0.15, -0.1) is 11.6 Å². The van der Waals surface area contributed by atoms with Crippen molar-refractivity contribution in [3.63, 3.8) is 0 Å². The summed E-state index contributed by atoms with van der Waals surface area (Å²) in [6.45, 7) is 7.50. The van der Waals surface area contributed by atoms with E-state index in [9.17, 15) is 0 Å². The van der Waals surface area contributed by atoms with Gasteiger partial charge in [0.1, 0.15) is 0 Å². The van der Waals surface area contributed by atoms with Crippen molar-refractivity contribution in [2.24, 2.45) is 0 Å².